The number of aliphatic hydroxyl groups is 1. The average molecular weight is 221 g/mol. The van der Waals surface area contributed by atoms with Crippen LogP contribution in [0.2, 0.25) is 0 Å². The molecule has 0 atom stereocenters. The molecule has 1 saturated carbocycles. The van der Waals surface area contributed by atoms with Gasteiger partial charge in [0.05, 0.1) is 11.7 Å². The van der Waals surface area contributed by atoms with Crippen molar-refractivity contribution < 1.29 is 9.84 Å². The Bertz CT molecular complexity index is 318. The fourth-order valence-corrected chi connectivity index (χ4v) is 2.42. The minimum absolute atomic E-state index is 0.331. The molecule has 1 aromatic rings. The van der Waals surface area contributed by atoms with Gasteiger partial charge in [0, 0.05) is 25.9 Å². The van der Waals surface area contributed by atoms with Gasteiger partial charge in [-0.2, -0.15) is 0 Å². The van der Waals surface area contributed by atoms with Crippen LogP contribution in [0.15, 0.2) is 24.5 Å². The van der Waals surface area contributed by atoms with Crippen molar-refractivity contribution in [2.75, 3.05) is 7.11 Å². The number of hydrogen-bond acceptors (Lipinski definition) is 3. The molecule has 1 aliphatic rings. The van der Waals surface area contributed by atoms with E-state index >= 15 is 0 Å². The summed E-state index contributed by atoms with van der Waals surface area (Å²) in [4.78, 5) is 3.98. The topological polar surface area (TPSA) is 42.4 Å². The Morgan fingerprint density at radius 1 is 1.38 bits per heavy atom. The highest BCUT2D eigenvalue weighted by Gasteiger charge is 2.33. The van der Waals surface area contributed by atoms with Crippen molar-refractivity contribution in [2.45, 2.75) is 43.8 Å². The highest BCUT2D eigenvalue weighted by molar-refractivity contribution is 5.13. The Kier molecular flexibility index (Phi) is 3.56. The molecule has 1 aromatic heterocycles. The summed E-state index contributed by atoms with van der Waals surface area (Å²) < 4.78 is 5.31. The normalized spacial score (nSPS) is 30.2. The van der Waals surface area contributed by atoms with Gasteiger partial charge in [-0.1, -0.05) is 0 Å². The van der Waals surface area contributed by atoms with Crippen LogP contribution in [0.4, 0.5) is 0 Å². The monoisotopic (exact) mass is 221 g/mol. The second-order valence-electron chi connectivity index (χ2n) is 4.69. The Labute approximate surface area is 96.5 Å². The van der Waals surface area contributed by atoms with Gasteiger partial charge in [-0.05, 0) is 43.4 Å². The molecule has 0 radical (unpaired) electrons. The minimum atomic E-state index is -0.545. The van der Waals surface area contributed by atoms with Crippen LogP contribution in [-0.2, 0) is 11.2 Å². The van der Waals surface area contributed by atoms with Crippen LogP contribution in [0.3, 0.4) is 0 Å². The summed E-state index contributed by atoms with van der Waals surface area (Å²) in [5, 5.41) is 10.5. The quantitative estimate of drug-likeness (QED) is 0.848. The smallest absolute Gasteiger partial charge is 0.0689 e. The summed E-state index contributed by atoms with van der Waals surface area (Å²) in [5.41, 5.74) is 0.615. The lowest BCUT2D eigenvalue weighted by molar-refractivity contribution is -0.0427. The van der Waals surface area contributed by atoms with Crippen LogP contribution < -0.4 is 0 Å². The molecule has 1 N–H and O–H groups in total. The zero-order valence-electron chi connectivity index (χ0n) is 9.72. The fraction of sp³-hybridized carbons (Fsp3) is 0.615. The lowest BCUT2D eigenvalue weighted by Gasteiger charge is -2.35. The van der Waals surface area contributed by atoms with Gasteiger partial charge in [0.25, 0.3) is 0 Å². The van der Waals surface area contributed by atoms with E-state index in [-0.39, 0.29) is 0 Å². The summed E-state index contributed by atoms with van der Waals surface area (Å²) >= 11 is 0. The number of nitrogens with zero attached hydrogens (tertiary/aromatic N) is 1. The lowest BCUT2D eigenvalue weighted by Crippen LogP contribution is -2.38. The third-order valence-electron chi connectivity index (χ3n) is 3.48. The predicted octanol–water partition coefficient (Wildman–Crippen LogP) is 1.94. The maximum Gasteiger partial charge on any atom is 0.0689 e. The molecule has 1 aliphatic carbocycles. The van der Waals surface area contributed by atoms with Crippen LogP contribution in [-0.4, -0.2) is 28.9 Å². The van der Waals surface area contributed by atoms with Crippen molar-refractivity contribution in [3.05, 3.63) is 30.1 Å². The molecule has 1 fully saturated rings. The van der Waals surface area contributed by atoms with Crippen LogP contribution in [0.25, 0.3) is 0 Å². The van der Waals surface area contributed by atoms with Crippen molar-refractivity contribution in [1.82, 2.24) is 4.98 Å². The van der Waals surface area contributed by atoms with Crippen molar-refractivity contribution in [3.8, 4) is 0 Å². The van der Waals surface area contributed by atoms with Crippen molar-refractivity contribution in [3.63, 3.8) is 0 Å². The van der Waals surface area contributed by atoms with Crippen molar-refractivity contribution in [2.24, 2.45) is 0 Å². The Morgan fingerprint density at radius 2 is 2.00 bits per heavy atom. The molecular formula is C13H19NO2. The molecule has 0 saturated heterocycles. The van der Waals surface area contributed by atoms with Gasteiger partial charge in [0.1, 0.15) is 0 Å². The van der Waals surface area contributed by atoms with Gasteiger partial charge in [-0.15, -0.1) is 0 Å². The minimum Gasteiger partial charge on any atom is -0.390 e. The molecule has 16 heavy (non-hydrogen) atoms. The highest BCUT2D eigenvalue weighted by atomic mass is 16.5. The van der Waals surface area contributed by atoms with Gasteiger partial charge in [-0.25, -0.2) is 0 Å². The summed E-state index contributed by atoms with van der Waals surface area (Å²) in [6.45, 7) is 0. The first-order chi connectivity index (χ1) is 7.72. The summed E-state index contributed by atoms with van der Waals surface area (Å²) in [6, 6.07) is 3.95. The van der Waals surface area contributed by atoms with E-state index in [0.29, 0.717) is 6.10 Å². The molecule has 0 spiro atoms. The first-order valence-electron chi connectivity index (χ1n) is 5.86. The number of aromatic nitrogens is 1. The molecule has 2 rings (SSSR count). The van der Waals surface area contributed by atoms with Crippen molar-refractivity contribution in [1.29, 1.82) is 0 Å². The number of rotatable bonds is 3. The SMILES string of the molecule is COC1CCC(O)(Cc2ccncc2)CC1. The van der Waals surface area contributed by atoms with Gasteiger partial charge >= 0.3 is 0 Å². The van der Waals surface area contributed by atoms with Crippen LogP contribution in [0.5, 0.6) is 0 Å². The lowest BCUT2D eigenvalue weighted by atomic mass is 9.79. The van der Waals surface area contributed by atoms with E-state index in [1.165, 1.54) is 0 Å². The van der Waals surface area contributed by atoms with Gasteiger partial charge in [0.15, 0.2) is 0 Å². The molecule has 0 amide bonds. The highest BCUT2D eigenvalue weighted by Crippen LogP contribution is 2.32. The molecule has 0 aliphatic heterocycles. The molecule has 3 nitrogen and oxygen atoms in total. The van der Waals surface area contributed by atoms with Gasteiger partial charge in [0.2, 0.25) is 0 Å². The molecular weight excluding hydrogens is 202 g/mol. The molecule has 1 heterocycles. The summed E-state index contributed by atoms with van der Waals surface area (Å²) in [5.74, 6) is 0. The van der Waals surface area contributed by atoms with E-state index in [1.807, 2.05) is 12.1 Å². The van der Waals surface area contributed by atoms with Crippen LogP contribution >= 0.6 is 0 Å². The number of hydrogen-bond donors (Lipinski definition) is 1. The number of ether oxygens (including phenoxy) is 1. The molecule has 88 valence electrons. The fourth-order valence-electron chi connectivity index (χ4n) is 2.42. The Hall–Kier alpha value is -0.930. The molecule has 0 unspecified atom stereocenters. The van der Waals surface area contributed by atoms with E-state index < -0.39 is 5.60 Å². The standard InChI is InChI=1S/C13H19NO2/c1-16-12-2-6-13(15,7-3-12)10-11-4-8-14-9-5-11/h4-5,8-9,12,15H,2-3,6-7,10H2,1H3. The molecule has 0 bridgehead atoms. The zero-order valence-corrected chi connectivity index (χ0v) is 9.72. The summed E-state index contributed by atoms with van der Waals surface area (Å²) in [6.07, 6.45) is 8.18. The van der Waals surface area contributed by atoms with Crippen molar-refractivity contribution >= 4 is 0 Å². The Balaban J connectivity index is 1.95. The second kappa shape index (κ2) is 4.93. The zero-order chi connectivity index (χ0) is 11.4. The number of pyridine rings is 1. The second-order valence-corrected chi connectivity index (χ2v) is 4.69. The third-order valence-corrected chi connectivity index (χ3v) is 3.48. The van der Waals surface area contributed by atoms with E-state index in [1.54, 1.807) is 19.5 Å². The Morgan fingerprint density at radius 3 is 2.56 bits per heavy atom. The molecule has 0 aromatic carbocycles. The summed E-state index contributed by atoms with van der Waals surface area (Å²) in [7, 11) is 1.75. The van der Waals surface area contributed by atoms with Crippen LogP contribution in [0, 0.1) is 0 Å². The molecule has 3 heteroatoms. The third kappa shape index (κ3) is 2.80. The largest absolute Gasteiger partial charge is 0.390 e. The van der Waals surface area contributed by atoms with E-state index in [2.05, 4.69) is 4.98 Å². The first-order valence-corrected chi connectivity index (χ1v) is 5.86. The van der Waals surface area contributed by atoms with E-state index in [0.717, 1.165) is 37.7 Å². The maximum absolute atomic E-state index is 10.5. The van der Waals surface area contributed by atoms with Gasteiger partial charge < -0.3 is 9.84 Å². The maximum atomic E-state index is 10.5. The first kappa shape index (κ1) is 11.6. The number of methoxy groups -OCH3 is 1. The predicted molar refractivity (Wildman–Crippen MR) is 62.2 cm³/mol. The van der Waals surface area contributed by atoms with Crippen LogP contribution in [0.1, 0.15) is 31.2 Å². The van der Waals surface area contributed by atoms with E-state index in [9.17, 15) is 5.11 Å². The van der Waals surface area contributed by atoms with Gasteiger partial charge in [-0.3, -0.25) is 4.98 Å². The average Bonchev–Trinajstić information content (AvgIpc) is 2.31. The van der Waals surface area contributed by atoms with E-state index in [4.69, 9.17) is 4.74 Å².